The zero-order chi connectivity index (χ0) is 17.2. The Bertz CT molecular complexity index is 882. The van der Waals surface area contributed by atoms with E-state index < -0.39 is 4.92 Å². The molecule has 0 fully saturated rings. The number of nitrogens with one attached hydrogen (secondary N) is 1. The molecule has 0 unspecified atom stereocenters. The summed E-state index contributed by atoms with van der Waals surface area (Å²) in [6.45, 7) is 0.422. The van der Waals surface area contributed by atoms with Crippen LogP contribution >= 0.6 is 0 Å². The van der Waals surface area contributed by atoms with Crippen LogP contribution in [-0.2, 0) is 13.0 Å². The zero-order valence-electron chi connectivity index (χ0n) is 13.1. The third-order valence-electron chi connectivity index (χ3n) is 3.95. The lowest BCUT2D eigenvalue weighted by molar-refractivity contribution is -0.384. The number of para-hydroxylation sites is 1. The van der Waals surface area contributed by atoms with E-state index in [-0.39, 0.29) is 17.8 Å². The minimum Gasteiger partial charge on any atom is -0.480 e. The van der Waals surface area contributed by atoms with Crippen molar-refractivity contribution in [2.24, 2.45) is 0 Å². The summed E-state index contributed by atoms with van der Waals surface area (Å²) in [7, 11) is 0. The van der Waals surface area contributed by atoms with E-state index in [0.717, 1.165) is 16.9 Å². The highest BCUT2D eigenvalue weighted by Crippen LogP contribution is 2.36. The molecule has 8 heteroatoms. The fourth-order valence-corrected chi connectivity index (χ4v) is 2.67. The number of ether oxygens (including phenoxy) is 1. The normalized spacial score (nSPS) is 15.4. The van der Waals surface area contributed by atoms with Gasteiger partial charge in [-0.2, -0.15) is 0 Å². The number of fused-ring (bicyclic) bond motifs is 1. The van der Waals surface area contributed by atoms with Crippen molar-refractivity contribution >= 4 is 11.7 Å². The Morgan fingerprint density at radius 3 is 2.72 bits per heavy atom. The highest BCUT2D eigenvalue weighted by molar-refractivity contribution is 5.38. The van der Waals surface area contributed by atoms with Gasteiger partial charge >= 0.3 is 6.01 Å². The van der Waals surface area contributed by atoms with Crippen molar-refractivity contribution in [2.45, 2.75) is 19.1 Å². The summed E-state index contributed by atoms with van der Waals surface area (Å²) < 4.78 is 11.4. The van der Waals surface area contributed by atoms with E-state index in [1.54, 1.807) is 12.1 Å². The standard InChI is InChI=1S/C17H14N4O4/c22-21(23)13-7-5-11(6-8-13)10-18-17-20-19-16(25-17)15-9-12-3-1-2-4-14(12)24-15/h1-8,15H,9-10H2,(H,18,20)/t15-/m0/s1. The molecule has 8 nitrogen and oxygen atoms in total. The molecule has 0 spiro atoms. The van der Waals surface area contributed by atoms with Gasteiger partial charge in [-0.1, -0.05) is 35.4 Å². The predicted molar refractivity (Wildman–Crippen MR) is 88.2 cm³/mol. The molecule has 1 aliphatic rings. The smallest absolute Gasteiger partial charge is 0.315 e. The summed E-state index contributed by atoms with van der Waals surface area (Å²) >= 11 is 0. The summed E-state index contributed by atoms with van der Waals surface area (Å²) in [5, 5.41) is 21.7. The molecular weight excluding hydrogens is 324 g/mol. The summed E-state index contributed by atoms with van der Waals surface area (Å²) in [4.78, 5) is 10.2. The molecule has 3 aromatic rings. The Morgan fingerprint density at radius 2 is 1.96 bits per heavy atom. The van der Waals surface area contributed by atoms with Gasteiger partial charge in [0.05, 0.1) is 4.92 Å². The van der Waals surface area contributed by atoms with Crippen molar-refractivity contribution in [3.05, 3.63) is 75.7 Å². The topological polar surface area (TPSA) is 103 Å². The van der Waals surface area contributed by atoms with E-state index in [1.807, 2.05) is 24.3 Å². The number of anilines is 1. The molecule has 126 valence electrons. The van der Waals surface area contributed by atoms with Gasteiger partial charge in [0.2, 0.25) is 0 Å². The van der Waals surface area contributed by atoms with Crippen LogP contribution in [0.2, 0.25) is 0 Å². The third-order valence-corrected chi connectivity index (χ3v) is 3.95. The molecular formula is C17H14N4O4. The van der Waals surface area contributed by atoms with Crippen molar-refractivity contribution in [3.63, 3.8) is 0 Å². The number of rotatable bonds is 5. The molecule has 2 heterocycles. The number of aromatic nitrogens is 2. The highest BCUT2D eigenvalue weighted by atomic mass is 16.6. The maximum absolute atomic E-state index is 10.6. The van der Waals surface area contributed by atoms with Crippen molar-refractivity contribution in [2.75, 3.05) is 5.32 Å². The van der Waals surface area contributed by atoms with Gasteiger partial charge in [0.1, 0.15) is 5.75 Å². The van der Waals surface area contributed by atoms with E-state index in [0.29, 0.717) is 18.9 Å². The molecule has 1 N–H and O–H groups in total. The molecule has 0 bridgehead atoms. The number of benzene rings is 2. The van der Waals surface area contributed by atoms with Crippen LogP contribution < -0.4 is 10.1 Å². The average Bonchev–Trinajstić information content (AvgIpc) is 3.26. The number of nitro groups is 1. The first-order valence-electron chi connectivity index (χ1n) is 7.74. The molecule has 0 aliphatic carbocycles. The first-order chi connectivity index (χ1) is 12.2. The Hall–Kier alpha value is -3.42. The second-order valence-corrected chi connectivity index (χ2v) is 5.64. The Labute approximate surface area is 142 Å². The maximum Gasteiger partial charge on any atom is 0.315 e. The molecule has 0 radical (unpaired) electrons. The number of hydrogen-bond acceptors (Lipinski definition) is 7. The van der Waals surface area contributed by atoms with Crippen LogP contribution in [0.4, 0.5) is 11.7 Å². The average molecular weight is 338 g/mol. The Kier molecular flexibility index (Phi) is 3.77. The third kappa shape index (κ3) is 3.14. The predicted octanol–water partition coefficient (Wildman–Crippen LogP) is 3.27. The SMILES string of the molecule is O=[N+]([O-])c1ccc(CNc2nnc([C@@H]3Cc4ccccc4O3)o2)cc1. The van der Waals surface area contributed by atoms with Crippen molar-refractivity contribution < 1.29 is 14.1 Å². The van der Waals surface area contributed by atoms with Gasteiger partial charge in [0.15, 0.2) is 6.10 Å². The molecule has 1 aromatic heterocycles. The summed E-state index contributed by atoms with van der Waals surface area (Å²) in [6.07, 6.45) is 0.417. The van der Waals surface area contributed by atoms with Gasteiger partial charge in [0.25, 0.3) is 11.6 Å². The molecule has 1 atom stereocenters. The maximum atomic E-state index is 10.6. The first-order valence-corrected chi connectivity index (χ1v) is 7.74. The second kappa shape index (κ2) is 6.23. The molecule has 0 saturated carbocycles. The number of nitro benzene ring substituents is 1. The van der Waals surface area contributed by atoms with E-state index >= 15 is 0 Å². The minimum absolute atomic E-state index is 0.0572. The lowest BCUT2D eigenvalue weighted by atomic mass is 10.1. The van der Waals surface area contributed by atoms with E-state index in [9.17, 15) is 10.1 Å². The highest BCUT2D eigenvalue weighted by Gasteiger charge is 2.28. The summed E-state index contributed by atoms with van der Waals surface area (Å²) in [6, 6.07) is 14.4. The molecule has 0 saturated heterocycles. The van der Waals surface area contributed by atoms with Gasteiger partial charge in [-0.05, 0) is 17.2 Å². The summed E-state index contributed by atoms with van der Waals surface area (Å²) in [5.74, 6) is 1.26. The lowest BCUT2D eigenvalue weighted by Crippen LogP contribution is -2.03. The molecule has 2 aromatic carbocycles. The monoisotopic (exact) mass is 338 g/mol. The van der Waals surface area contributed by atoms with Crippen molar-refractivity contribution in [3.8, 4) is 5.75 Å². The minimum atomic E-state index is -0.429. The fourth-order valence-electron chi connectivity index (χ4n) is 2.67. The van der Waals surface area contributed by atoms with Gasteiger partial charge < -0.3 is 14.5 Å². The van der Waals surface area contributed by atoms with Crippen molar-refractivity contribution in [1.82, 2.24) is 10.2 Å². The van der Waals surface area contributed by atoms with Crippen LogP contribution in [-0.4, -0.2) is 15.1 Å². The number of hydrogen-bond donors (Lipinski definition) is 1. The molecule has 4 rings (SSSR count). The lowest BCUT2D eigenvalue weighted by Gasteiger charge is -2.05. The number of non-ortho nitro benzene ring substituents is 1. The van der Waals surface area contributed by atoms with Crippen LogP contribution in [0.3, 0.4) is 0 Å². The van der Waals surface area contributed by atoms with Gasteiger partial charge in [0, 0.05) is 25.1 Å². The Balaban J connectivity index is 1.38. The molecule has 25 heavy (non-hydrogen) atoms. The van der Waals surface area contributed by atoms with Crippen LogP contribution in [0.1, 0.15) is 23.1 Å². The molecule has 1 aliphatic heterocycles. The van der Waals surface area contributed by atoms with Crippen molar-refractivity contribution in [1.29, 1.82) is 0 Å². The van der Waals surface area contributed by atoms with Gasteiger partial charge in [-0.15, -0.1) is 5.10 Å². The van der Waals surface area contributed by atoms with Crippen LogP contribution in [0.5, 0.6) is 5.75 Å². The first kappa shape index (κ1) is 15.1. The Morgan fingerprint density at radius 1 is 1.16 bits per heavy atom. The van der Waals surface area contributed by atoms with Crippen LogP contribution in [0.25, 0.3) is 0 Å². The summed E-state index contributed by atoms with van der Waals surface area (Å²) in [5.41, 5.74) is 2.04. The van der Waals surface area contributed by atoms with Crippen LogP contribution in [0, 0.1) is 10.1 Å². The zero-order valence-corrected chi connectivity index (χ0v) is 13.1. The van der Waals surface area contributed by atoms with E-state index in [2.05, 4.69) is 15.5 Å². The molecule has 0 amide bonds. The second-order valence-electron chi connectivity index (χ2n) is 5.64. The van der Waals surface area contributed by atoms with Crippen LogP contribution in [0.15, 0.2) is 52.9 Å². The van der Waals surface area contributed by atoms with Gasteiger partial charge in [-0.3, -0.25) is 10.1 Å². The fraction of sp³-hybridized carbons (Fsp3) is 0.176. The largest absolute Gasteiger partial charge is 0.480 e. The quantitative estimate of drug-likeness (QED) is 0.562. The van der Waals surface area contributed by atoms with Gasteiger partial charge in [-0.25, -0.2) is 0 Å². The van der Waals surface area contributed by atoms with E-state index in [4.69, 9.17) is 9.15 Å². The van der Waals surface area contributed by atoms with E-state index in [1.165, 1.54) is 12.1 Å². The number of nitrogens with zero attached hydrogens (tertiary/aromatic N) is 3.